The molecule has 110 valence electrons. The third-order valence-corrected chi connectivity index (χ3v) is 3.17. The van der Waals surface area contributed by atoms with Crippen LogP contribution in [0.25, 0.3) is 0 Å². The molecule has 0 aliphatic carbocycles. The van der Waals surface area contributed by atoms with Gasteiger partial charge in [0.05, 0.1) is 6.26 Å². The van der Waals surface area contributed by atoms with Crippen molar-refractivity contribution in [2.75, 3.05) is 5.32 Å². The molecule has 1 aromatic carbocycles. The SMILES string of the molecule is O=C(Nc1ccncc1)NC(c1ccccc1)c1ccco1. The molecule has 2 aromatic heterocycles. The molecule has 2 N–H and O–H groups in total. The van der Waals surface area contributed by atoms with Gasteiger partial charge in [0.1, 0.15) is 11.8 Å². The van der Waals surface area contributed by atoms with Gasteiger partial charge in [0.15, 0.2) is 0 Å². The third kappa shape index (κ3) is 3.32. The number of nitrogens with one attached hydrogen (secondary N) is 2. The summed E-state index contributed by atoms with van der Waals surface area (Å²) in [7, 11) is 0. The monoisotopic (exact) mass is 293 g/mol. The van der Waals surface area contributed by atoms with Gasteiger partial charge in [-0.2, -0.15) is 0 Å². The molecule has 22 heavy (non-hydrogen) atoms. The first kappa shape index (κ1) is 13.9. The molecule has 5 nitrogen and oxygen atoms in total. The lowest BCUT2D eigenvalue weighted by molar-refractivity contribution is 0.248. The van der Waals surface area contributed by atoms with Crippen molar-refractivity contribution in [2.24, 2.45) is 0 Å². The number of anilines is 1. The minimum absolute atomic E-state index is 0.309. The van der Waals surface area contributed by atoms with E-state index >= 15 is 0 Å². The van der Waals surface area contributed by atoms with Crippen LogP contribution in [0.5, 0.6) is 0 Å². The van der Waals surface area contributed by atoms with E-state index in [1.807, 2.05) is 36.4 Å². The van der Waals surface area contributed by atoms with Crippen LogP contribution in [0.4, 0.5) is 10.5 Å². The van der Waals surface area contributed by atoms with Gasteiger partial charge in [0.25, 0.3) is 0 Å². The van der Waals surface area contributed by atoms with Crippen LogP contribution in [0, 0.1) is 0 Å². The zero-order valence-corrected chi connectivity index (χ0v) is 11.8. The molecular weight excluding hydrogens is 278 g/mol. The van der Waals surface area contributed by atoms with E-state index in [4.69, 9.17) is 4.42 Å². The maximum atomic E-state index is 12.2. The molecule has 3 aromatic rings. The topological polar surface area (TPSA) is 67.2 Å². The Balaban J connectivity index is 1.77. The van der Waals surface area contributed by atoms with Crippen LogP contribution in [-0.2, 0) is 0 Å². The molecule has 2 amide bonds. The van der Waals surface area contributed by atoms with E-state index < -0.39 is 0 Å². The average Bonchev–Trinajstić information content (AvgIpc) is 3.08. The molecule has 1 atom stereocenters. The smallest absolute Gasteiger partial charge is 0.320 e. The van der Waals surface area contributed by atoms with Gasteiger partial charge in [0, 0.05) is 18.1 Å². The second-order valence-electron chi connectivity index (χ2n) is 4.69. The van der Waals surface area contributed by atoms with Crippen molar-refractivity contribution in [1.82, 2.24) is 10.3 Å². The summed E-state index contributed by atoms with van der Waals surface area (Å²) < 4.78 is 5.45. The molecule has 2 heterocycles. The van der Waals surface area contributed by atoms with E-state index in [0.29, 0.717) is 11.4 Å². The highest BCUT2D eigenvalue weighted by Crippen LogP contribution is 2.22. The molecule has 0 spiro atoms. The Kier molecular flexibility index (Phi) is 4.15. The highest BCUT2D eigenvalue weighted by molar-refractivity contribution is 5.89. The van der Waals surface area contributed by atoms with Gasteiger partial charge in [-0.3, -0.25) is 4.98 Å². The zero-order valence-electron chi connectivity index (χ0n) is 11.8. The maximum Gasteiger partial charge on any atom is 0.320 e. The quantitative estimate of drug-likeness (QED) is 0.772. The van der Waals surface area contributed by atoms with Crippen LogP contribution in [0.1, 0.15) is 17.4 Å². The van der Waals surface area contributed by atoms with Crippen LogP contribution in [0.15, 0.2) is 77.7 Å². The predicted molar refractivity (Wildman–Crippen MR) is 83.4 cm³/mol. The first-order chi connectivity index (χ1) is 10.8. The second-order valence-corrected chi connectivity index (χ2v) is 4.69. The van der Waals surface area contributed by atoms with Gasteiger partial charge in [-0.15, -0.1) is 0 Å². The number of amides is 2. The molecular formula is C17H15N3O2. The van der Waals surface area contributed by atoms with Crippen LogP contribution < -0.4 is 10.6 Å². The second kappa shape index (κ2) is 6.58. The minimum Gasteiger partial charge on any atom is -0.467 e. The molecule has 0 radical (unpaired) electrons. The molecule has 0 saturated carbocycles. The van der Waals surface area contributed by atoms with E-state index in [1.165, 1.54) is 0 Å². The Morgan fingerprint density at radius 1 is 1.00 bits per heavy atom. The van der Waals surface area contributed by atoms with Crippen molar-refractivity contribution in [2.45, 2.75) is 6.04 Å². The lowest BCUT2D eigenvalue weighted by Crippen LogP contribution is -2.33. The number of hydrogen-bond acceptors (Lipinski definition) is 3. The molecule has 0 bridgehead atoms. The van der Waals surface area contributed by atoms with Gasteiger partial charge in [0.2, 0.25) is 0 Å². The summed E-state index contributed by atoms with van der Waals surface area (Å²) in [6.07, 6.45) is 4.83. The number of hydrogen-bond donors (Lipinski definition) is 2. The number of furan rings is 1. The third-order valence-electron chi connectivity index (χ3n) is 3.17. The van der Waals surface area contributed by atoms with E-state index in [1.54, 1.807) is 36.9 Å². The van der Waals surface area contributed by atoms with Gasteiger partial charge in [-0.05, 0) is 29.8 Å². The molecule has 0 saturated heterocycles. The molecule has 0 aliphatic heterocycles. The van der Waals surface area contributed by atoms with Crippen molar-refractivity contribution in [3.8, 4) is 0 Å². The summed E-state index contributed by atoms with van der Waals surface area (Å²) >= 11 is 0. The highest BCUT2D eigenvalue weighted by Gasteiger charge is 2.19. The number of nitrogens with zero attached hydrogens (tertiary/aromatic N) is 1. The van der Waals surface area contributed by atoms with Crippen LogP contribution in [0.3, 0.4) is 0 Å². The highest BCUT2D eigenvalue weighted by atomic mass is 16.3. The Bertz CT molecular complexity index is 712. The standard InChI is InChI=1S/C17H15N3O2/c21-17(19-14-8-10-18-11-9-14)20-16(15-7-4-12-22-15)13-5-2-1-3-6-13/h1-12,16H,(H2,18,19,20,21). The fourth-order valence-electron chi connectivity index (χ4n) is 2.15. The van der Waals surface area contributed by atoms with Crippen molar-refractivity contribution < 1.29 is 9.21 Å². The Labute approximate surface area is 128 Å². The van der Waals surface area contributed by atoms with Crippen LogP contribution in [-0.4, -0.2) is 11.0 Å². The largest absolute Gasteiger partial charge is 0.467 e. The van der Waals surface area contributed by atoms with Crippen molar-refractivity contribution in [3.63, 3.8) is 0 Å². The average molecular weight is 293 g/mol. The number of pyridine rings is 1. The lowest BCUT2D eigenvalue weighted by Gasteiger charge is -2.17. The lowest BCUT2D eigenvalue weighted by atomic mass is 10.1. The maximum absolute atomic E-state index is 12.2. The summed E-state index contributed by atoms with van der Waals surface area (Å²) in [5, 5.41) is 5.69. The van der Waals surface area contributed by atoms with Gasteiger partial charge >= 0.3 is 6.03 Å². The van der Waals surface area contributed by atoms with E-state index in [9.17, 15) is 4.79 Å². The van der Waals surface area contributed by atoms with Crippen LogP contribution in [0.2, 0.25) is 0 Å². The summed E-state index contributed by atoms with van der Waals surface area (Å²) in [6, 6.07) is 16.1. The molecule has 1 unspecified atom stereocenters. The predicted octanol–water partition coefficient (Wildman–Crippen LogP) is 3.59. The summed E-state index contributed by atoms with van der Waals surface area (Å²) in [5.74, 6) is 0.677. The first-order valence-electron chi connectivity index (χ1n) is 6.89. The summed E-state index contributed by atoms with van der Waals surface area (Å²) in [5.41, 5.74) is 1.63. The van der Waals surface area contributed by atoms with Gasteiger partial charge < -0.3 is 15.1 Å². The zero-order chi connectivity index (χ0) is 15.2. The number of rotatable bonds is 4. The minimum atomic E-state index is -0.349. The number of urea groups is 1. The van der Waals surface area contributed by atoms with E-state index in [-0.39, 0.29) is 12.1 Å². The van der Waals surface area contributed by atoms with Gasteiger partial charge in [-0.25, -0.2) is 4.79 Å². The number of aromatic nitrogens is 1. The van der Waals surface area contributed by atoms with Crippen molar-refractivity contribution in [1.29, 1.82) is 0 Å². The van der Waals surface area contributed by atoms with Crippen LogP contribution >= 0.6 is 0 Å². The van der Waals surface area contributed by atoms with Gasteiger partial charge in [-0.1, -0.05) is 30.3 Å². The Morgan fingerprint density at radius 3 is 2.45 bits per heavy atom. The molecule has 0 fully saturated rings. The molecule has 0 aliphatic rings. The normalized spacial score (nSPS) is 11.6. The number of carbonyl (C=O) groups is 1. The van der Waals surface area contributed by atoms with Crippen molar-refractivity contribution in [3.05, 3.63) is 84.6 Å². The number of benzene rings is 1. The fraction of sp³-hybridized carbons (Fsp3) is 0.0588. The Hall–Kier alpha value is -3.08. The summed E-state index contributed by atoms with van der Waals surface area (Å²) in [4.78, 5) is 16.1. The van der Waals surface area contributed by atoms with E-state index in [2.05, 4.69) is 15.6 Å². The molecule has 5 heteroatoms. The Morgan fingerprint density at radius 2 is 1.77 bits per heavy atom. The summed E-state index contributed by atoms with van der Waals surface area (Å²) in [6.45, 7) is 0. The van der Waals surface area contributed by atoms with E-state index in [0.717, 1.165) is 5.56 Å². The van der Waals surface area contributed by atoms with Crippen molar-refractivity contribution >= 4 is 11.7 Å². The number of carbonyl (C=O) groups excluding carboxylic acids is 1. The first-order valence-corrected chi connectivity index (χ1v) is 6.89. The fourth-order valence-corrected chi connectivity index (χ4v) is 2.15. The molecule has 3 rings (SSSR count).